The molecule has 1 N–H and O–H groups in total. The molecule has 5 heteroatoms. The number of benzene rings is 3. The van der Waals surface area contributed by atoms with E-state index in [9.17, 15) is 14.7 Å². The lowest BCUT2D eigenvalue weighted by molar-refractivity contribution is -0.255. The zero-order chi connectivity index (χ0) is 17.6. The van der Waals surface area contributed by atoms with Crippen LogP contribution in [0, 0.1) is 0 Å². The summed E-state index contributed by atoms with van der Waals surface area (Å²) in [6, 6.07) is 20.3. The van der Waals surface area contributed by atoms with E-state index in [4.69, 9.17) is 0 Å². The largest absolute Gasteiger partial charge is 0.545 e. The summed E-state index contributed by atoms with van der Waals surface area (Å²) in [5.41, 5.74) is 1.90. The number of amides is 1. The molecule has 0 saturated carbocycles. The van der Waals surface area contributed by atoms with E-state index in [0.717, 1.165) is 22.0 Å². The van der Waals surface area contributed by atoms with E-state index in [1.807, 2.05) is 42.5 Å². The molecule has 0 atom stereocenters. The molecule has 25 heavy (non-hydrogen) atoms. The lowest BCUT2D eigenvalue weighted by atomic mass is 10.1. The molecule has 0 bridgehead atoms. The second-order valence-electron chi connectivity index (χ2n) is 5.59. The number of anilines is 1. The molecule has 126 valence electrons. The maximum atomic E-state index is 12.1. The van der Waals surface area contributed by atoms with Crippen molar-refractivity contribution in [1.29, 1.82) is 0 Å². The summed E-state index contributed by atoms with van der Waals surface area (Å²) in [4.78, 5) is 22.8. The van der Waals surface area contributed by atoms with Gasteiger partial charge in [0, 0.05) is 11.4 Å². The van der Waals surface area contributed by atoms with E-state index >= 15 is 0 Å². The van der Waals surface area contributed by atoms with Gasteiger partial charge in [0.1, 0.15) is 0 Å². The second kappa shape index (κ2) is 7.85. The average Bonchev–Trinajstić information content (AvgIpc) is 2.62. The van der Waals surface area contributed by atoms with Crippen molar-refractivity contribution < 1.29 is 14.7 Å². The topological polar surface area (TPSA) is 69.2 Å². The van der Waals surface area contributed by atoms with Crippen LogP contribution in [0.5, 0.6) is 0 Å². The van der Waals surface area contributed by atoms with E-state index in [1.54, 1.807) is 12.1 Å². The predicted octanol–water partition coefficient (Wildman–Crippen LogP) is 3.08. The number of carbonyl (C=O) groups is 2. The summed E-state index contributed by atoms with van der Waals surface area (Å²) >= 11 is 1.48. The number of carboxylic acids is 1. The fourth-order valence-electron chi connectivity index (χ4n) is 2.46. The number of thioether (sulfide) groups is 1. The maximum absolute atomic E-state index is 12.1. The number of carbonyl (C=O) groups excluding carboxylic acids is 2. The summed E-state index contributed by atoms with van der Waals surface area (Å²) in [5.74, 6) is -0.284. The monoisotopic (exact) mass is 350 g/mol. The quantitative estimate of drug-likeness (QED) is 0.742. The van der Waals surface area contributed by atoms with Gasteiger partial charge < -0.3 is 15.2 Å². The molecule has 0 aliphatic carbocycles. The van der Waals surface area contributed by atoms with Crippen LogP contribution in [0.2, 0.25) is 0 Å². The van der Waals surface area contributed by atoms with Crippen molar-refractivity contribution in [1.82, 2.24) is 0 Å². The normalized spacial score (nSPS) is 10.6. The van der Waals surface area contributed by atoms with Crippen LogP contribution in [-0.4, -0.2) is 17.6 Å². The van der Waals surface area contributed by atoms with Crippen molar-refractivity contribution in [2.24, 2.45) is 0 Å². The standard InChI is InChI=1S/C20H17NO3S/c22-19(13-25-12-14-5-7-16(8-6-14)20(23)24)21-18-10-9-15-3-1-2-4-17(15)11-18/h1-11H,12-13H2,(H,21,22)(H,23,24)/p-1. The van der Waals surface area contributed by atoms with Crippen LogP contribution in [0.15, 0.2) is 66.7 Å². The Morgan fingerprint density at radius 3 is 2.36 bits per heavy atom. The molecule has 0 spiro atoms. The Balaban J connectivity index is 1.51. The van der Waals surface area contributed by atoms with Crippen molar-refractivity contribution in [2.45, 2.75) is 5.75 Å². The Labute approximate surface area is 149 Å². The fourth-order valence-corrected chi connectivity index (χ4v) is 3.25. The van der Waals surface area contributed by atoms with Gasteiger partial charge in [-0.1, -0.05) is 54.6 Å². The van der Waals surface area contributed by atoms with E-state index in [-0.39, 0.29) is 11.5 Å². The van der Waals surface area contributed by atoms with Crippen LogP contribution in [0.3, 0.4) is 0 Å². The van der Waals surface area contributed by atoms with Gasteiger partial charge in [0.05, 0.1) is 11.7 Å². The third-order valence-electron chi connectivity index (χ3n) is 3.72. The van der Waals surface area contributed by atoms with Gasteiger partial charge in [-0.2, -0.15) is 0 Å². The number of hydrogen-bond acceptors (Lipinski definition) is 4. The fraction of sp³-hybridized carbons (Fsp3) is 0.100. The first-order valence-electron chi connectivity index (χ1n) is 7.78. The number of fused-ring (bicyclic) bond motifs is 1. The first kappa shape index (κ1) is 17.0. The highest BCUT2D eigenvalue weighted by atomic mass is 32.2. The summed E-state index contributed by atoms with van der Waals surface area (Å²) in [7, 11) is 0. The van der Waals surface area contributed by atoms with Gasteiger partial charge in [0.2, 0.25) is 5.91 Å². The van der Waals surface area contributed by atoms with Gasteiger partial charge in [-0.15, -0.1) is 11.8 Å². The molecule has 0 aromatic heterocycles. The summed E-state index contributed by atoms with van der Waals surface area (Å²) in [6.07, 6.45) is 0. The van der Waals surface area contributed by atoms with Crippen molar-refractivity contribution in [3.8, 4) is 0 Å². The first-order chi connectivity index (χ1) is 12.1. The lowest BCUT2D eigenvalue weighted by Crippen LogP contribution is -2.21. The second-order valence-corrected chi connectivity index (χ2v) is 6.57. The van der Waals surface area contributed by atoms with Crippen LogP contribution in [0.1, 0.15) is 15.9 Å². The Morgan fingerprint density at radius 2 is 1.64 bits per heavy atom. The maximum Gasteiger partial charge on any atom is 0.234 e. The average molecular weight is 350 g/mol. The minimum Gasteiger partial charge on any atom is -0.545 e. The highest BCUT2D eigenvalue weighted by molar-refractivity contribution is 7.99. The van der Waals surface area contributed by atoms with E-state index < -0.39 is 5.97 Å². The van der Waals surface area contributed by atoms with Crippen LogP contribution >= 0.6 is 11.8 Å². The SMILES string of the molecule is O=C(CSCc1ccc(C(=O)[O-])cc1)Nc1ccc2ccccc2c1. The Kier molecular flexibility index (Phi) is 5.36. The number of nitrogens with one attached hydrogen (secondary N) is 1. The van der Waals surface area contributed by atoms with E-state index in [1.165, 1.54) is 23.9 Å². The minimum absolute atomic E-state index is 0.0633. The highest BCUT2D eigenvalue weighted by Crippen LogP contribution is 2.19. The predicted molar refractivity (Wildman–Crippen MR) is 99.5 cm³/mol. The van der Waals surface area contributed by atoms with Gasteiger partial charge in [-0.05, 0) is 34.0 Å². The molecular weight excluding hydrogens is 334 g/mol. The van der Waals surface area contributed by atoms with Crippen LogP contribution in [0.4, 0.5) is 5.69 Å². The summed E-state index contributed by atoms with van der Waals surface area (Å²) < 4.78 is 0. The number of aromatic carboxylic acids is 1. The van der Waals surface area contributed by atoms with Gasteiger partial charge in [0.25, 0.3) is 0 Å². The molecule has 3 rings (SSSR count). The molecule has 0 aliphatic rings. The molecular formula is C20H16NO3S-. The molecule has 4 nitrogen and oxygen atoms in total. The zero-order valence-corrected chi connectivity index (χ0v) is 14.2. The first-order valence-corrected chi connectivity index (χ1v) is 8.94. The van der Waals surface area contributed by atoms with Crippen LogP contribution in [0.25, 0.3) is 10.8 Å². The van der Waals surface area contributed by atoms with Crippen molar-refractivity contribution in [3.63, 3.8) is 0 Å². The van der Waals surface area contributed by atoms with Crippen LogP contribution < -0.4 is 10.4 Å². The van der Waals surface area contributed by atoms with E-state index in [0.29, 0.717) is 11.5 Å². The molecule has 0 heterocycles. The molecule has 0 unspecified atom stereocenters. The van der Waals surface area contributed by atoms with Crippen molar-refractivity contribution in [2.75, 3.05) is 11.1 Å². The number of rotatable bonds is 6. The summed E-state index contributed by atoms with van der Waals surface area (Å²) in [6.45, 7) is 0. The summed E-state index contributed by atoms with van der Waals surface area (Å²) in [5, 5.41) is 15.8. The minimum atomic E-state index is -1.19. The number of carboxylic acid groups (broad SMARTS) is 1. The Morgan fingerprint density at radius 1 is 0.920 bits per heavy atom. The van der Waals surface area contributed by atoms with Crippen molar-refractivity contribution >= 4 is 40.1 Å². The van der Waals surface area contributed by atoms with Gasteiger partial charge in [-0.25, -0.2) is 0 Å². The molecule has 1 amide bonds. The molecule has 3 aromatic rings. The smallest absolute Gasteiger partial charge is 0.234 e. The Hall–Kier alpha value is -2.79. The van der Waals surface area contributed by atoms with Gasteiger partial charge >= 0.3 is 0 Å². The highest BCUT2D eigenvalue weighted by Gasteiger charge is 2.04. The van der Waals surface area contributed by atoms with Crippen LogP contribution in [-0.2, 0) is 10.5 Å². The molecule has 0 aliphatic heterocycles. The Bertz CT molecular complexity index is 906. The molecule has 0 fully saturated rings. The van der Waals surface area contributed by atoms with Crippen molar-refractivity contribution in [3.05, 3.63) is 77.9 Å². The molecule has 0 saturated heterocycles. The lowest BCUT2D eigenvalue weighted by Gasteiger charge is -2.07. The van der Waals surface area contributed by atoms with E-state index in [2.05, 4.69) is 5.32 Å². The third kappa shape index (κ3) is 4.61. The molecule has 0 radical (unpaired) electrons. The third-order valence-corrected chi connectivity index (χ3v) is 4.73. The zero-order valence-electron chi connectivity index (χ0n) is 13.4. The molecule has 3 aromatic carbocycles. The number of hydrogen-bond donors (Lipinski definition) is 1. The van der Waals surface area contributed by atoms with Gasteiger partial charge in [-0.3, -0.25) is 4.79 Å². The van der Waals surface area contributed by atoms with Gasteiger partial charge in [0.15, 0.2) is 0 Å².